The molecule has 5 heteroatoms. The van der Waals surface area contributed by atoms with Crippen LogP contribution in [0.25, 0.3) is 0 Å². The van der Waals surface area contributed by atoms with Crippen LogP contribution in [-0.2, 0) is 14.3 Å². The third-order valence-electron chi connectivity index (χ3n) is 2.23. The standard InChI is InChI=1S/C7H11NO4/c1-12-7(10)5-3-2-4(5)6(9)8-11/h4-5,11H,2-3H2,1H3,(H,8,9). The van der Waals surface area contributed by atoms with Crippen LogP contribution in [0.2, 0.25) is 0 Å². The number of hydroxylamine groups is 1. The van der Waals surface area contributed by atoms with Gasteiger partial charge in [-0.25, -0.2) is 5.48 Å². The number of ether oxygens (including phenoxy) is 1. The minimum atomic E-state index is -0.503. The lowest BCUT2D eigenvalue weighted by Crippen LogP contribution is -2.43. The normalized spacial score (nSPS) is 27.2. The van der Waals surface area contributed by atoms with Gasteiger partial charge in [-0.15, -0.1) is 0 Å². The Balaban J connectivity index is 2.49. The Morgan fingerprint density at radius 1 is 1.42 bits per heavy atom. The molecule has 0 aliphatic heterocycles. The molecule has 0 radical (unpaired) electrons. The molecule has 2 unspecified atom stereocenters. The number of amides is 1. The van der Waals surface area contributed by atoms with Crippen molar-refractivity contribution in [2.24, 2.45) is 11.8 Å². The fraction of sp³-hybridized carbons (Fsp3) is 0.714. The predicted molar refractivity (Wildman–Crippen MR) is 38.2 cm³/mol. The molecule has 1 fully saturated rings. The lowest BCUT2D eigenvalue weighted by molar-refractivity contribution is -0.158. The van der Waals surface area contributed by atoms with Gasteiger partial charge >= 0.3 is 5.97 Å². The second-order valence-electron chi connectivity index (χ2n) is 2.79. The summed E-state index contributed by atoms with van der Waals surface area (Å²) in [4.78, 5) is 21.8. The van der Waals surface area contributed by atoms with Crippen molar-refractivity contribution in [1.82, 2.24) is 5.48 Å². The molecule has 0 spiro atoms. The Bertz CT molecular complexity index is 182. The summed E-state index contributed by atoms with van der Waals surface area (Å²) >= 11 is 0. The van der Waals surface area contributed by atoms with Crippen molar-refractivity contribution >= 4 is 11.9 Å². The molecule has 5 nitrogen and oxygen atoms in total. The largest absolute Gasteiger partial charge is 0.469 e. The zero-order chi connectivity index (χ0) is 9.14. The fourth-order valence-corrected chi connectivity index (χ4v) is 1.33. The van der Waals surface area contributed by atoms with Crippen molar-refractivity contribution in [2.45, 2.75) is 12.8 Å². The van der Waals surface area contributed by atoms with Gasteiger partial charge in [-0.05, 0) is 12.8 Å². The van der Waals surface area contributed by atoms with Crippen LogP contribution in [0.5, 0.6) is 0 Å². The van der Waals surface area contributed by atoms with Gasteiger partial charge in [-0.2, -0.15) is 0 Å². The molecule has 1 aliphatic carbocycles. The maximum atomic E-state index is 10.9. The number of rotatable bonds is 2. The van der Waals surface area contributed by atoms with Crippen LogP contribution in [0.1, 0.15) is 12.8 Å². The molecule has 12 heavy (non-hydrogen) atoms. The minimum Gasteiger partial charge on any atom is -0.469 e. The number of methoxy groups -OCH3 is 1. The average molecular weight is 173 g/mol. The van der Waals surface area contributed by atoms with Gasteiger partial charge in [0.05, 0.1) is 18.9 Å². The molecular formula is C7H11NO4. The molecule has 1 saturated carbocycles. The van der Waals surface area contributed by atoms with E-state index in [1.54, 1.807) is 0 Å². The van der Waals surface area contributed by atoms with E-state index in [1.807, 2.05) is 0 Å². The SMILES string of the molecule is COC(=O)C1CCC1C(=O)NO. The lowest BCUT2D eigenvalue weighted by atomic mass is 9.73. The summed E-state index contributed by atoms with van der Waals surface area (Å²) in [6.07, 6.45) is 1.29. The highest BCUT2D eigenvalue weighted by Gasteiger charge is 2.41. The monoisotopic (exact) mass is 173 g/mol. The Morgan fingerprint density at radius 2 is 2.00 bits per heavy atom. The predicted octanol–water partition coefficient (Wildman–Crippen LogP) is -0.309. The molecule has 1 amide bonds. The number of nitrogens with one attached hydrogen (secondary N) is 1. The highest BCUT2D eigenvalue weighted by molar-refractivity contribution is 5.86. The summed E-state index contributed by atoms with van der Waals surface area (Å²) in [6, 6.07) is 0. The maximum Gasteiger partial charge on any atom is 0.309 e. The zero-order valence-electron chi connectivity index (χ0n) is 6.74. The highest BCUT2D eigenvalue weighted by atomic mass is 16.5. The van der Waals surface area contributed by atoms with Crippen molar-refractivity contribution in [3.8, 4) is 0 Å². The van der Waals surface area contributed by atoms with Gasteiger partial charge in [0, 0.05) is 0 Å². The van der Waals surface area contributed by atoms with Crippen LogP contribution in [-0.4, -0.2) is 24.2 Å². The molecule has 0 bridgehead atoms. The Labute approximate surface area is 69.7 Å². The quantitative estimate of drug-likeness (QED) is 0.341. The molecule has 0 aromatic heterocycles. The summed E-state index contributed by atoms with van der Waals surface area (Å²) in [5, 5.41) is 8.29. The highest BCUT2D eigenvalue weighted by Crippen LogP contribution is 2.34. The van der Waals surface area contributed by atoms with E-state index in [-0.39, 0.29) is 11.9 Å². The first-order valence-corrected chi connectivity index (χ1v) is 3.72. The van der Waals surface area contributed by atoms with Crippen molar-refractivity contribution < 1.29 is 19.5 Å². The van der Waals surface area contributed by atoms with Gasteiger partial charge < -0.3 is 4.74 Å². The Kier molecular flexibility index (Phi) is 2.65. The van der Waals surface area contributed by atoms with E-state index in [4.69, 9.17) is 5.21 Å². The van der Waals surface area contributed by atoms with Crippen molar-refractivity contribution in [3.05, 3.63) is 0 Å². The fourth-order valence-electron chi connectivity index (χ4n) is 1.33. The van der Waals surface area contributed by atoms with E-state index in [0.29, 0.717) is 12.8 Å². The van der Waals surface area contributed by atoms with Gasteiger partial charge in [0.15, 0.2) is 0 Å². The van der Waals surface area contributed by atoms with Crippen LogP contribution in [0.3, 0.4) is 0 Å². The van der Waals surface area contributed by atoms with E-state index >= 15 is 0 Å². The summed E-state index contributed by atoms with van der Waals surface area (Å²) < 4.78 is 4.48. The second kappa shape index (κ2) is 3.53. The Hall–Kier alpha value is -1.10. The first-order chi connectivity index (χ1) is 5.70. The van der Waals surface area contributed by atoms with Crippen molar-refractivity contribution in [2.75, 3.05) is 7.11 Å². The number of carbonyl (C=O) groups is 2. The van der Waals surface area contributed by atoms with Crippen LogP contribution in [0.15, 0.2) is 0 Å². The summed E-state index contributed by atoms with van der Waals surface area (Å²) in [7, 11) is 1.29. The smallest absolute Gasteiger partial charge is 0.309 e. The van der Waals surface area contributed by atoms with Gasteiger partial charge in [-0.3, -0.25) is 14.8 Å². The number of hydrogen-bond acceptors (Lipinski definition) is 4. The van der Waals surface area contributed by atoms with E-state index in [0.717, 1.165) is 0 Å². The molecular weight excluding hydrogens is 162 g/mol. The van der Waals surface area contributed by atoms with Crippen LogP contribution < -0.4 is 5.48 Å². The third kappa shape index (κ3) is 1.40. The molecule has 0 saturated heterocycles. The average Bonchev–Trinajstić information content (AvgIpc) is 2.02. The first kappa shape index (κ1) is 8.99. The molecule has 0 aromatic rings. The van der Waals surface area contributed by atoms with Crippen molar-refractivity contribution in [1.29, 1.82) is 0 Å². The summed E-state index contributed by atoms with van der Waals surface area (Å²) in [5.74, 6) is -1.67. The molecule has 0 aromatic carbocycles. The topological polar surface area (TPSA) is 75.6 Å². The molecule has 1 rings (SSSR count). The zero-order valence-corrected chi connectivity index (χ0v) is 6.74. The summed E-state index contributed by atoms with van der Waals surface area (Å²) in [6.45, 7) is 0. The third-order valence-corrected chi connectivity index (χ3v) is 2.23. The number of hydrogen-bond donors (Lipinski definition) is 2. The molecule has 0 heterocycles. The van der Waals surface area contributed by atoms with Crippen molar-refractivity contribution in [3.63, 3.8) is 0 Å². The van der Waals surface area contributed by atoms with E-state index in [2.05, 4.69) is 4.74 Å². The lowest BCUT2D eigenvalue weighted by Gasteiger charge is -2.31. The maximum absolute atomic E-state index is 10.9. The number of carbonyl (C=O) groups excluding carboxylic acids is 2. The molecule has 68 valence electrons. The van der Waals surface area contributed by atoms with E-state index < -0.39 is 11.8 Å². The molecule has 2 N–H and O–H groups in total. The first-order valence-electron chi connectivity index (χ1n) is 3.72. The second-order valence-corrected chi connectivity index (χ2v) is 2.79. The van der Waals surface area contributed by atoms with Gasteiger partial charge in [0.25, 0.3) is 0 Å². The molecule has 1 aliphatic rings. The van der Waals surface area contributed by atoms with Crippen LogP contribution >= 0.6 is 0 Å². The van der Waals surface area contributed by atoms with E-state index in [9.17, 15) is 9.59 Å². The van der Waals surface area contributed by atoms with Gasteiger partial charge in [0.1, 0.15) is 0 Å². The summed E-state index contributed by atoms with van der Waals surface area (Å²) in [5.41, 5.74) is 1.53. The van der Waals surface area contributed by atoms with Gasteiger partial charge in [-0.1, -0.05) is 0 Å². The molecule has 2 atom stereocenters. The minimum absolute atomic E-state index is 0.373. The number of esters is 1. The van der Waals surface area contributed by atoms with Crippen LogP contribution in [0.4, 0.5) is 0 Å². The van der Waals surface area contributed by atoms with E-state index in [1.165, 1.54) is 12.6 Å². The van der Waals surface area contributed by atoms with Gasteiger partial charge in [0.2, 0.25) is 5.91 Å². The Morgan fingerprint density at radius 3 is 2.33 bits per heavy atom. The van der Waals surface area contributed by atoms with Crippen LogP contribution in [0, 0.1) is 11.8 Å².